The summed E-state index contributed by atoms with van der Waals surface area (Å²) in [4.78, 5) is 2.70. The fraction of sp³-hybridized carbons (Fsp3) is 0.929. The number of fused-ring (bicyclic) bond motifs is 8. The number of aliphatic hydroxyl groups excluding tert-OH is 1. The highest BCUT2D eigenvalue weighted by Crippen LogP contribution is 2.68. The van der Waals surface area contributed by atoms with E-state index in [1.54, 1.807) is 5.57 Å². The van der Waals surface area contributed by atoms with Crippen LogP contribution >= 0.6 is 0 Å². The van der Waals surface area contributed by atoms with E-state index in [0.717, 1.165) is 61.1 Å². The Morgan fingerprint density at radius 1 is 1.06 bits per heavy atom. The minimum atomic E-state index is -0.0989. The van der Waals surface area contributed by atoms with E-state index in [2.05, 4.69) is 38.7 Å². The molecular weight excluding hydrogens is 382 g/mol. The monoisotopic (exact) mass is 427 g/mol. The Kier molecular flexibility index (Phi) is 4.99. The van der Waals surface area contributed by atoms with E-state index >= 15 is 0 Å². The van der Waals surface area contributed by atoms with Crippen LogP contribution in [0.25, 0.3) is 0 Å². The summed E-state index contributed by atoms with van der Waals surface area (Å²) >= 11 is 0. The van der Waals surface area contributed by atoms with E-state index < -0.39 is 0 Å². The van der Waals surface area contributed by atoms with Gasteiger partial charge in [0.15, 0.2) is 0 Å². The predicted octanol–water partition coefficient (Wildman–Crippen LogP) is 5.63. The second-order valence-corrected chi connectivity index (χ2v) is 13.2. The Morgan fingerprint density at radius 3 is 2.74 bits per heavy atom. The third kappa shape index (κ3) is 3.01. The quantitative estimate of drug-likeness (QED) is 0.509. The number of hydrogen-bond acceptors (Lipinski definition) is 3. The van der Waals surface area contributed by atoms with Gasteiger partial charge in [-0.25, -0.2) is 0 Å². The summed E-state index contributed by atoms with van der Waals surface area (Å²) in [5.74, 6) is 4.77. The second-order valence-electron chi connectivity index (χ2n) is 13.2. The van der Waals surface area contributed by atoms with Crippen LogP contribution in [0.3, 0.4) is 0 Å². The summed E-state index contributed by atoms with van der Waals surface area (Å²) in [7, 11) is 0. The first-order valence-electron chi connectivity index (χ1n) is 13.5. The number of rotatable bonds is 0. The van der Waals surface area contributed by atoms with Crippen molar-refractivity contribution in [2.75, 3.05) is 13.3 Å². The van der Waals surface area contributed by atoms with Gasteiger partial charge >= 0.3 is 0 Å². The van der Waals surface area contributed by atoms with Crippen molar-refractivity contribution >= 4 is 0 Å². The normalized spacial score (nSPS) is 56.9. The molecule has 31 heavy (non-hydrogen) atoms. The Hall–Kier alpha value is -0.380. The molecule has 2 aliphatic heterocycles. The highest BCUT2D eigenvalue weighted by Gasteiger charge is 2.63. The summed E-state index contributed by atoms with van der Waals surface area (Å²) in [5, 5.41) is 10.3. The van der Waals surface area contributed by atoms with Gasteiger partial charge in [-0.15, -0.1) is 0 Å². The van der Waals surface area contributed by atoms with Crippen molar-refractivity contribution in [1.29, 1.82) is 0 Å². The molecule has 0 spiro atoms. The maximum atomic E-state index is 10.3. The first kappa shape index (κ1) is 21.2. The van der Waals surface area contributed by atoms with Crippen molar-refractivity contribution in [3.63, 3.8) is 0 Å². The molecule has 2 saturated heterocycles. The molecular formula is C28H45NO2. The van der Waals surface area contributed by atoms with Crippen LogP contribution in [0.2, 0.25) is 0 Å². The van der Waals surface area contributed by atoms with E-state index in [1.807, 2.05) is 0 Å². The lowest BCUT2D eigenvalue weighted by Gasteiger charge is -2.58. The summed E-state index contributed by atoms with van der Waals surface area (Å²) in [5.41, 5.74) is 2.39. The molecule has 0 aromatic heterocycles. The van der Waals surface area contributed by atoms with Gasteiger partial charge in [0.1, 0.15) is 0 Å². The average molecular weight is 428 g/mol. The van der Waals surface area contributed by atoms with E-state index in [0.29, 0.717) is 16.9 Å². The maximum Gasteiger partial charge on any atom is 0.0996 e. The minimum absolute atomic E-state index is 0.0989. The van der Waals surface area contributed by atoms with Gasteiger partial charge in [0.25, 0.3) is 0 Å². The Morgan fingerprint density at radius 2 is 1.90 bits per heavy atom. The van der Waals surface area contributed by atoms with E-state index in [4.69, 9.17) is 4.74 Å². The average Bonchev–Trinajstić information content (AvgIpc) is 2.96. The topological polar surface area (TPSA) is 32.7 Å². The van der Waals surface area contributed by atoms with E-state index in [-0.39, 0.29) is 6.10 Å². The molecule has 11 atom stereocenters. The first-order valence-corrected chi connectivity index (χ1v) is 13.5. The van der Waals surface area contributed by atoms with Crippen LogP contribution in [0, 0.1) is 46.3 Å². The van der Waals surface area contributed by atoms with Gasteiger partial charge in [0.2, 0.25) is 0 Å². The molecule has 2 heterocycles. The smallest absolute Gasteiger partial charge is 0.0996 e. The number of piperidine rings is 1. The van der Waals surface area contributed by atoms with Crippen molar-refractivity contribution < 1.29 is 9.84 Å². The molecule has 4 aliphatic carbocycles. The van der Waals surface area contributed by atoms with Crippen molar-refractivity contribution in [1.82, 2.24) is 4.90 Å². The summed E-state index contributed by atoms with van der Waals surface area (Å²) < 4.78 is 6.78. The summed E-state index contributed by atoms with van der Waals surface area (Å²) in [6, 6.07) is 0.731. The minimum Gasteiger partial charge on any atom is -0.393 e. The first-order chi connectivity index (χ1) is 14.8. The van der Waals surface area contributed by atoms with Crippen LogP contribution in [-0.4, -0.2) is 41.5 Å². The van der Waals surface area contributed by atoms with Crippen LogP contribution in [0.4, 0.5) is 0 Å². The number of allylic oxidation sites excluding steroid dienone is 1. The van der Waals surface area contributed by atoms with Crippen molar-refractivity contribution in [3.8, 4) is 0 Å². The second kappa shape index (κ2) is 7.31. The third-order valence-corrected chi connectivity index (χ3v) is 11.8. The molecule has 0 aromatic carbocycles. The molecule has 0 amide bonds. The van der Waals surface area contributed by atoms with Crippen LogP contribution < -0.4 is 0 Å². The predicted molar refractivity (Wildman–Crippen MR) is 124 cm³/mol. The Labute approximate surface area is 190 Å². The zero-order valence-corrected chi connectivity index (χ0v) is 20.4. The summed E-state index contributed by atoms with van der Waals surface area (Å²) in [6.45, 7) is 12.3. The molecule has 6 aliphatic rings. The number of aliphatic hydroxyl groups is 1. The molecule has 3 nitrogen and oxygen atoms in total. The Bertz CT molecular complexity index is 749. The fourth-order valence-corrected chi connectivity index (χ4v) is 10.2. The van der Waals surface area contributed by atoms with Gasteiger partial charge in [0.05, 0.1) is 18.9 Å². The molecule has 5 fully saturated rings. The van der Waals surface area contributed by atoms with Crippen molar-refractivity contribution in [2.24, 2.45) is 46.3 Å². The van der Waals surface area contributed by atoms with Gasteiger partial charge in [-0.3, -0.25) is 4.90 Å². The number of ether oxygens (including phenoxy) is 1. The SMILES string of the molecule is C[C@@H]1CC[C@H]2[C@H](C)[C@@H]3[C@@H](C[C@@H]4[C@H]5CC=C6C[C@@H](O)CC[C@]6(C)[C@@H]5CC[C@]34C)OCN2C1. The lowest BCUT2D eigenvalue weighted by molar-refractivity contribution is -0.0644. The molecule has 0 unspecified atom stereocenters. The van der Waals surface area contributed by atoms with Crippen LogP contribution in [0.15, 0.2) is 11.6 Å². The zero-order chi connectivity index (χ0) is 21.5. The van der Waals surface area contributed by atoms with Gasteiger partial charge < -0.3 is 9.84 Å². The third-order valence-electron chi connectivity index (χ3n) is 11.8. The maximum absolute atomic E-state index is 10.3. The van der Waals surface area contributed by atoms with Gasteiger partial charge in [-0.1, -0.05) is 39.3 Å². The molecule has 1 N–H and O–H groups in total. The van der Waals surface area contributed by atoms with Crippen molar-refractivity contribution in [3.05, 3.63) is 11.6 Å². The van der Waals surface area contributed by atoms with Crippen LogP contribution in [0.5, 0.6) is 0 Å². The fourth-order valence-electron chi connectivity index (χ4n) is 10.2. The highest BCUT2D eigenvalue weighted by molar-refractivity contribution is 5.26. The summed E-state index contributed by atoms with van der Waals surface area (Å²) in [6.07, 6.45) is 14.2. The highest BCUT2D eigenvalue weighted by atomic mass is 16.5. The molecule has 174 valence electrons. The zero-order valence-electron chi connectivity index (χ0n) is 20.4. The number of nitrogens with zero attached hydrogens (tertiary/aromatic N) is 1. The molecule has 0 aromatic rings. The van der Waals surface area contributed by atoms with E-state index in [9.17, 15) is 5.11 Å². The molecule has 0 radical (unpaired) electrons. The largest absolute Gasteiger partial charge is 0.393 e. The molecule has 3 saturated carbocycles. The number of hydrogen-bond donors (Lipinski definition) is 1. The lowest BCUT2D eigenvalue weighted by atomic mass is 9.47. The molecule has 6 rings (SSSR count). The van der Waals surface area contributed by atoms with Gasteiger partial charge in [-0.2, -0.15) is 0 Å². The van der Waals surface area contributed by atoms with Crippen LogP contribution in [0.1, 0.15) is 85.5 Å². The standard InChI is InChI=1S/C28H45NO2/c1-17-5-8-24-18(2)26-25(31-16-29(24)15-17)14-23-21-7-6-19-13-20(30)9-11-27(19,3)22(21)10-12-28(23,26)4/h6,17-18,20-26,30H,5,7-16H2,1-4H3/t17-,18+,20+,21+,22-,23-,24+,25-,26-,27+,28+/m1/s1. The van der Waals surface area contributed by atoms with E-state index in [1.165, 1.54) is 51.5 Å². The molecule has 3 heteroatoms. The van der Waals surface area contributed by atoms with Gasteiger partial charge in [0, 0.05) is 12.6 Å². The lowest BCUT2D eigenvalue weighted by Crippen LogP contribution is -2.53. The Balaban J connectivity index is 1.30. The van der Waals surface area contributed by atoms with Crippen molar-refractivity contribution in [2.45, 2.75) is 104 Å². The van der Waals surface area contributed by atoms with Gasteiger partial charge in [-0.05, 0) is 104 Å². The molecule has 0 bridgehead atoms. The van der Waals surface area contributed by atoms with Crippen LogP contribution in [-0.2, 0) is 4.74 Å².